The molecule has 2 heterocycles. The molecule has 0 aromatic carbocycles. The van der Waals surface area contributed by atoms with Crippen LogP contribution in [0, 0.1) is 5.92 Å². The van der Waals surface area contributed by atoms with Gasteiger partial charge >= 0.3 is 0 Å². The van der Waals surface area contributed by atoms with Crippen molar-refractivity contribution in [2.24, 2.45) is 5.92 Å². The summed E-state index contributed by atoms with van der Waals surface area (Å²) >= 11 is 1.44. The van der Waals surface area contributed by atoms with E-state index < -0.39 is 0 Å². The van der Waals surface area contributed by atoms with Crippen molar-refractivity contribution in [3.05, 3.63) is 4.88 Å². The van der Waals surface area contributed by atoms with Gasteiger partial charge in [0.25, 0.3) is 5.91 Å². The summed E-state index contributed by atoms with van der Waals surface area (Å²) in [5.74, 6) is 1.31. The first-order chi connectivity index (χ1) is 10.1. The third-order valence-corrected chi connectivity index (χ3v) is 5.15. The van der Waals surface area contributed by atoms with E-state index in [1.807, 2.05) is 6.92 Å². The van der Waals surface area contributed by atoms with Crippen molar-refractivity contribution in [1.82, 2.24) is 5.32 Å². The van der Waals surface area contributed by atoms with Crippen LogP contribution < -0.4 is 20.7 Å². The third-order valence-electron chi connectivity index (χ3n) is 3.90. The van der Waals surface area contributed by atoms with E-state index in [9.17, 15) is 4.79 Å². The number of anilines is 2. The van der Waals surface area contributed by atoms with Crippen LogP contribution in [0.2, 0.25) is 0 Å². The van der Waals surface area contributed by atoms with Gasteiger partial charge in [0, 0.05) is 19.6 Å². The standard InChI is InChI=1S/C15H25N3O2S/c1-4-7-17-14(19)13-11(16)12(20-3)15(21-13)18-8-5-10(2)6-9-18/h10H,4-9,16H2,1-3H3,(H,17,19). The molecule has 3 N–H and O–H groups in total. The number of hydrogen-bond donors (Lipinski definition) is 2. The van der Waals surface area contributed by atoms with E-state index in [1.165, 1.54) is 24.2 Å². The molecule has 5 nitrogen and oxygen atoms in total. The summed E-state index contributed by atoms with van der Waals surface area (Å²) in [4.78, 5) is 15.0. The van der Waals surface area contributed by atoms with Crippen molar-refractivity contribution in [2.45, 2.75) is 33.1 Å². The van der Waals surface area contributed by atoms with Gasteiger partial charge in [-0.25, -0.2) is 0 Å². The SMILES string of the molecule is CCCNC(=O)c1sc(N2CCC(C)CC2)c(OC)c1N. The molecule has 1 aromatic rings. The highest BCUT2D eigenvalue weighted by Crippen LogP contribution is 2.45. The smallest absolute Gasteiger partial charge is 0.263 e. The molecule has 1 fully saturated rings. The average molecular weight is 311 g/mol. The van der Waals surface area contributed by atoms with Gasteiger partial charge in [-0.1, -0.05) is 13.8 Å². The van der Waals surface area contributed by atoms with Crippen LogP contribution in [0.3, 0.4) is 0 Å². The minimum absolute atomic E-state index is 0.103. The summed E-state index contributed by atoms with van der Waals surface area (Å²) in [7, 11) is 1.61. The Morgan fingerprint density at radius 3 is 2.71 bits per heavy atom. The number of piperidine rings is 1. The molecule has 0 bridgehead atoms. The first-order valence-electron chi connectivity index (χ1n) is 7.57. The van der Waals surface area contributed by atoms with Crippen LogP contribution >= 0.6 is 11.3 Å². The number of nitrogens with two attached hydrogens (primary N) is 1. The molecule has 1 aliphatic rings. The van der Waals surface area contributed by atoms with Gasteiger partial charge in [0.05, 0.1) is 7.11 Å². The maximum atomic E-state index is 12.2. The van der Waals surface area contributed by atoms with Gasteiger partial charge in [0.1, 0.15) is 15.6 Å². The normalized spacial score (nSPS) is 16.0. The van der Waals surface area contributed by atoms with E-state index in [-0.39, 0.29) is 5.91 Å². The topological polar surface area (TPSA) is 67.6 Å². The summed E-state index contributed by atoms with van der Waals surface area (Å²) in [5.41, 5.74) is 6.58. The van der Waals surface area contributed by atoms with Crippen molar-refractivity contribution in [1.29, 1.82) is 0 Å². The number of amides is 1. The van der Waals surface area contributed by atoms with Crippen molar-refractivity contribution < 1.29 is 9.53 Å². The van der Waals surface area contributed by atoms with Crippen LogP contribution in [0.15, 0.2) is 0 Å². The van der Waals surface area contributed by atoms with Crippen LogP contribution in [-0.4, -0.2) is 32.7 Å². The summed E-state index contributed by atoms with van der Waals surface area (Å²) in [5, 5.41) is 3.87. The van der Waals surface area contributed by atoms with Crippen LogP contribution in [0.4, 0.5) is 10.7 Å². The fourth-order valence-electron chi connectivity index (χ4n) is 2.52. The first kappa shape index (κ1) is 15.9. The number of nitrogens with zero attached hydrogens (tertiary/aromatic N) is 1. The number of thiophene rings is 1. The van der Waals surface area contributed by atoms with E-state index in [4.69, 9.17) is 10.5 Å². The first-order valence-corrected chi connectivity index (χ1v) is 8.39. The zero-order valence-electron chi connectivity index (χ0n) is 13.1. The summed E-state index contributed by atoms with van der Waals surface area (Å²) < 4.78 is 5.46. The van der Waals surface area contributed by atoms with Crippen LogP contribution in [0.5, 0.6) is 5.75 Å². The van der Waals surface area contributed by atoms with Gasteiger partial charge in [-0.15, -0.1) is 11.3 Å². The molecule has 0 aliphatic carbocycles. The number of nitrogens with one attached hydrogen (secondary N) is 1. The maximum Gasteiger partial charge on any atom is 0.263 e. The third kappa shape index (κ3) is 3.43. The van der Waals surface area contributed by atoms with Gasteiger partial charge in [0.15, 0.2) is 5.75 Å². The van der Waals surface area contributed by atoms with E-state index in [1.54, 1.807) is 7.11 Å². The van der Waals surface area contributed by atoms with E-state index >= 15 is 0 Å². The molecule has 0 radical (unpaired) electrons. The molecule has 0 unspecified atom stereocenters. The molecule has 1 aromatic heterocycles. The van der Waals surface area contributed by atoms with Crippen LogP contribution in [0.25, 0.3) is 0 Å². The molecular weight excluding hydrogens is 286 g/mol. The van der Waals surface area contributed by atoms with Gasteiger partial charge in [-0.05, 0) is 25.2 Å². The second-order valence-electron chi connectivity index (χ2n) is 5.61. The van der Waals surface area contributed by atoms with Crippen molar-refractivity contribution in [3.63, 3.8) is 0 Å². The van der Waals surface area contributed by atoms with Crippen molar-refractivity contribution in [2.75, 3.05) is 37.4 Å². The maximum absolute atomic E-state index is 12.2. The van der Waals surface area contributed by atoms with E-state index in [2.05, 4.69) is 17.1 Å². The molecule has 1 saturated heterocycles. The molecule has 1 aliphatic heterocycles. The second kappa shape index (κ2) is 7.02. The zero-order valence-corrected chi connectivity index (χ0v) is 13.9. The lowest BCUT2D eigenvalue weighted by molar-refractivity contribution is 0.0958. The lowest BCUT2D eigenvalue weighted by Gasteiger charge is -2.31. The Morgan fingerprint density at radius 1 is 1.48 bits per heavy atom. The van der Waals surface area contributed by atoms with Crippen molar-refractivity contribution >= 4 is 27.9 Å². The van der Waals surface area contributed by atoms with Crippen LogP contribution in [0.1, 0.15) is 42.8 Å². The average Bonchev–Trinajstić information content (AvgIpc) is 2.82. The molecule has 6 heteroatoms. The fourth-order valence-corrected chi connectivity index (χ4v) is 3.68. The lowest BCUT2D eigenvalue weighted by Crippen LogP contribution is -2.32. The number of nitrogen functional groups attached to an aromatic ring is 1. The van der Waals surface area contributed by atoms with Gasteiger partial charge in [0.2, 0.25) is 0 Å². The molecule has 0 spiro atoms. The number of rotatable bonds is 5. The molecule has 21 heavy (non-hydrogen) atoms. The van der Waals surface area contributed by atoms with Crippen molar-refractivity contribution in [3.8, 4) is 5.75 Å². The predicted octanol–water partition coefficient (Wildman–Crippen LogP) is 2.71. The Kier molecular flexibility index (Phi) is 5.33. The molecule has 1 amide bonds. The molecular formula is C15H25N3O2S. The largest absolute Gasteiger partial charge is 0.492 e. The fraction of sp³-hybridized carbons (Fsp3) is 0.667. The minimum Gasteiger partial charge on any atom is -0.492 e. The molecule has 0 atom stereocenters. The van der Waals surface area contributed by atoms with E-state index in [0.29, 0.717) is 22.9 Å². The highest BCUT2D eigenvalue weighted by molar-refractivity contribution is 7.19. The number of carbonyl (C=O) groups excluding carboxylic acids is 1. The number of hydrogen-bond acceptors (Lipinski definition) is 5. The summed E-state index contributed by atoms with van der Waals surface area (Å²) in [6, 6.07) is 0. The van der Waals surface area contributed by atoms with E-state index in [0.717, 1.165) is 30.4 Å². The molecule has 0 saturated carbocycles. The number of methoxy groups -OCH3 is 1. The monoisotopic (exact) mass is 311 g/mol. The Morgan fingerprint density at radius 2 is 2.14 bits per heavy atom. The molecule has 2 rings (SSSR count). The number of carbonyl (C=O) groups is 1. The Labute approximate surface area is 130 Å². The number of ether oxygens (including phenoxy) is 1. The Bertz CT molecular complexity index is 493. The van der Waals surface area contributed by atoms with Gasteiger partial charge in [-0.2, -0.15) is 0 Å². The zero-order chi connectivity index (χ0) is 15.4. The van der Waals surface area contributed by atoms with Gasteiger partial charge < -0.3 is 20.7 Å². The highest BCUT2D eigenvalue weighted by Gasteiger charge is 2.27. The Hall–Kier alpha value is -1.43. The summed E-state index contributed by atoms with van der Waals surface area (Å²) in [6.07, 6.45) is 3.24. The van der Waals surface area contributed by atoms with Crippen LogP contribution in [-0.2, 0) is 0 Å². The van der Waals surface area contributed by atoms with Gasteiger partial charge in [-0.3, -0.25) is 4.79 Å². The lowest BCUT2D eigenvalue weighted by atomic mass is 9.99. The quantitative estimate of drug-likeness (QED) is 0.877. The second-order valence-corrected chi connectivity index (χ2v) is 6.61. The highest BCUT2D eigenvalue weighted by atomic mass is 32.1. The minimum atomic E-state index is -0.103. The Balaban J connectivity index is 2.23. The predicted molar refractivity (Wildman–Crippen MR) is 88.5 cm³/mol. The molecule has 118 valence electrons. The summed E-state index contributed by atoms with van der Waals surface area (Å²) in [6.45, 7) is 6.95.